The Balaban J connectivity index is -0.000000170. The van der Waals surface area contributed by atoms with Crippen LogP contribution in [0.4, 0.5) is 0 Å². The largest absolute Gasteiger partial charge is 2.00 e. The second-order valence-corrected chi connectivity index (χ2v) is 7.04. The first-order valence-corrected chi connectivity index (χ1v) is 12.1. The van der Waals surface area contributed by atoms with Crippen molar-refractivity contribution in [2.24, 2.45) is 0 Å². The topological polar surface area (TPSA) is 0 Å². The van der Waals surface area contributed by atoms with Crippen LogP contribution in [-0.4, -0.2) is 0 Å². The van der Waals surface area contributed by atoms with Crippen molar-refractivity contribution >= 4 is 0 Å². The molecule has 0 saturated heterocycles. The fourth-order valence-electron chi connectivity index (χ4n) is 2.29. The van der Waals surface area contributed by atoms with Gasteiger partial charge in [-0.15, -0.1) is 0 Å². The Morgan fingerprint density at radius 3 is 0.788 bits per heavy atom. The van der Waals surface area contributed by atoms with Crippen LogP contribution < -0.4 is 0 Å². The smallest absolute Gasteiger partial charge is 0.184 e. The summed E-state index contributed by atoms with van der Waals surface area (Å²) < 4.78 is 0. The van der Waals surface area contributed by atoms with Crippen LogP contribution in [0.15, 0.2) is 48.5 Å². The quantitative estimate of drug-likeness (QED) is 0.220. The number of aryl methyl sites for hydroxylation is 8. The van der Waals surface area contributed by atoms with E-state index in [2.05, 4.69) is 91.8 Å². The first-order chi connectivity index (χ1) is 15.2. The molecule has 0 aliphatic rings. The van der Waals surface area contributed by atoms with Crippen LogP contribution in [0.1, 0.15) is 86.1 Å². The predicted molar refractivity (Wildman–Crippen MR) is 149 cm³/mol. The molecule has 3 aromatic carbocycles. The predicted octanol–water partition coefficient (Wildman–Crippen LogP) is 10.2. The van der Waals surface area contributed by atoms with Gasteiger partial charge in [0.05, 0.1) is 0 Å². The van der Waals surface area contributed by atoms with Gasteiger partial charge in [0.2, 0.25) is 0 Å². The molecule has 184 valence electrons. The van der Waals surface area contributed by atoms with Crippen LogP contribution in [0, 0.1) is 67.5 Å². The molecule has 0 bridgehead atoms. The van der Waals surface area contributed by atoms with Gasteiger partial charge in [0.15, 0.2) is 0 Å². The Morgan fingerprint density at radius 1 is 0.394 bits per heavy atom. The van der Waals surface area contributed by atoms with Gasteiger partial charge in [0.1, 0.15) is 0 Å². The maximum absolute atomic E-state index is 3.00. The molecule has 3 rings (SSSR count). The average molecular weight is 619 g/mol. The normalized spacial score (nSPS) is 8.06. The van der Waals surface area contributed by atoms with Gasteiger partial charge in [-0.25, -0.2) is 0 Å². The van der Waals surface area contributed by atoms with Gasteiger partial charge >= 0.3 is 21.1 Å². The van der Waals surface area contributed by atoms with Crippen LogP contribution in [0.3, 0.4) is 0 Å². The number of benzene rings is 3. The molecule has 0 nitrogen and oxygen atoms in total. The van der Waals surface area contributed by atoms with E-state index >= 15 is 0 Å². The molecule has 0 aliphatic heterocycles. The summed E-state index contributed by atoms with van der Waals surface area (Å²) >= 11 is 0. The Bertz CT molecular complexity index is 696. The van der Waals surface area contributed by atoms with Crippen LogP contribution in [0.5, 0.6) is 0 Å². The number of hydrogen-bond donors (Lipinski definition) is 0. The molecule has 0 N–H and O–H groups in total. The first kappa shape index (κ1) is 38.6. The molecule has 0 spiro atoms. The number of rotatable bonds is 0. The van der Waals surface area contributed by atoms with Crippen LogP contribution in [0.2, 0.25) is 0 Å². The fraction of sp³-hybridized carbons (Fsp3) is 0.438. The van der Waals surface area contributed by atoms with Gasteiger partial charge in [-0.1, -0.05) is 81.4 Å². The summed E-state index contributed by atoms with van der Waals surface area (Å²) in [6.07, 6.45) is 0. The zero-order valence-electron chi connectivity index (χ0n) is 24.0. The maximum atomic E-state index is 3.00. The summed E-state index contributed by atoms with van der Waals surface area (Å²) in [6.45, 7) is 29.0. The second kappa shape index (κ2) is 25.0. The Morgan fingerprint density at radius 2 is 0.636 bits per heavy atom. The molecule has 1 heteroatoms. The van der Waals surface area contributed by atoms with Gasteiger partial charge in [-0.2, -0.15) is 70.8 Å². The minimum atomic E-state index is 0. The third kappa shape index (κ3) is 18.5. The van der Waals surface area contributed by atoms with E-state index < -0.39 is 0 Å². The maximum Gasteiger partial charge on any atom is 2.00 e. The first-order valence-electron chi connectivity index (χ1n) is 12.1. The van der Waals surface area contributed by atoms with E-state index in [4.69, 9.17) is 0 Å². The van der Waals surface area contributed by atoms with Crippen molar-refractivity contribution in [3.63, 3.8) is 0 Å². The molecule has 0 amide bonds. The van der Waals surface area contributed by atoms with Crippen molar-refractivity contribution in [1.82, 2.24) is 0 Å². The van der Waals surface area contributed by atoms with E-state index in [1.165, 1.54) is 44.5 Å². The molecule has 0 fully saturated rings. The molecule has 0 aromatic heterocycles. The summed E-state index contributed by atoms with van der Waals surface area (Å²) in [5.74, 6) is 0. The van der Waals surface area contributed by atoms with Gasteiger partial charge in [-0.05, 0) is 49.9 Å². The van der Waals surface area contributed by atoms with Crippen LogP contribution in [0.25, 0.3) is 0 Å². The molecule has 0 heterocycles. The van der Waals surface area contributed by atoms with E-state index in [0.29, 0.717) is 0 Å². The van der Waals surface area contributed by atoms with Crippen molar-refractivity contribution in [2.45, 2.75) is 96.9 Å². The standard InChI is InChI=1S/C10H14.2C8H9.3C2H6.W/c1-7-5-9(3)10(4)6-8(7)2;2*1-7-5-3-4-6-8(7)2;3*1-2;/h5-6H,1-4H3;2*3,5-6H,1-2H3;3*1-2H3;/q;2*-1;;;;+2. The van der Waals surface area contributed by atoms with Crippen molar-refractivity contribution in [3.8, 4) is 0 Å². The summed E-state index contributed by atoms with van der Waals surface area (Å²) in [4.78, 5) is 0. The monoisotopic (exact) mass is 618 g/mol. The van der Waals surface area contributed by atoms with Gasteiger partial charge < -0.3 is 0 Å². The second-order valence-electron chi connectivity index (χ2n) is 7.04. The van der Waals surface area contributed by atoms with Crippen molar-refractivity contribution in [2.75, 3.05) is 0 Å². The SMILES string of the molecule is CC.CC.CC.Cc1c[c-]ccc1C.Cc1c[c-]ccc1C.Cc1cc(C)c(C)cc1C.[W+2]. The molecule has 0 atom stereocenters. The Kier molecular flexibility index (Phi) is 29.2. The van der Waals surface area contributed by atoms with E-state index in [-0.39, 0.29) is 21.1 Å². The van der Waals surface area contributed by atoms with E-state index in [0.717, 1.165) is 0 Å². The Hall–Kier alpha value is -1.65. The Labute approximate surface area is 222 Å². The molecule has 0 radical (unpaired) electrons. The van der Waals surface area contributed by atoms with Crippen LogP contribution >= 0.6 is 0 Å². The number of hydrogen-bond acceptors (Lipinski definition) is 0. The molecule has 0 saturated carbocycles. The average Bonchev–Trinajstić information content (AvgIpc) is 2.81. The van der Waals surface area contributed by atoms with Crippen LogP contribution in [-0.2, 0) is 21.1 Å². The zero-order chi connectivity index (χ0) is 25.7. The van der Waals surface area contributed by atoms with Crippen molar-refractivity contribution in [3.05, 3.63) is 105 Å². The summed E-state index contributed by atoms with van der Waals surface area (Å²) in [5.41, 5.74) is 10.9. The van der Waals surface area contributed by atoms with Gasteiger partial charge in [0.25, 0.3) is 0 Å². The van der Waals surface area contributed by atoms with Gasteiger partial charge in [0, 0.05) is 0 Å². The third-order valence-electron chi connectivity index (χ3n) is 4.81. The summed E-state index contributed by atoms with van der Waals surface area (Å²) in [5, 5.41) is 0. The summed E-state index contributed by atoms with van der Waals surface area (Å²) in [7, 11) is 0. The van der Waals surface area contributed by atoms with Gasteiger partial charge in [-0.3, -0.25) is 0 Å². The molecule has 3 aromatic rings. The molecular formula is C32H50W. The molecular weight excluding hydrogens is 568 g/mol. The zero-order valence-corrected chi connectivity index (χ0v) is 27.0. The van der Waals surface area contributed by atoms with E-state index in [1.807, 2.05) is 65.8 Å². The summed E-state index contributed by atoms with van der Waals surface area (Å²) in [6, 6.07) is 22.5. The fourth-order valence-corrected chi connectivity index (χ4v) is 2.29. The van der Waals surface area contributed by atoms with Crippen molar-refractivity contribution < 1.29 is 21.1 Å². The minimum absolute atomic E-state index is 0. The minimum Gasteiger partial charge on any atom is -0.184 e. The van der Waals surface area contributed by atoms with E-state index in [9.17, 15) is 0 Å². The molecule has 0 aliphatic carbocycles. The molecule has 33 heavy (non-hydrogen) atoms. The third-order valence-corrected chi connectivity index (χ3v) is 4.81. The molecule has 0 unspecified atom stereocenters. The van der Waals surface area contributed by atoms with E-state index in [1.54, 1.807) is 0 Å². The van der Waals surface area contributed by atoms with Crippen molar-refractivity contribution in [1.29, 1.82) is 0 Å².